The van der Waals surface area contributed by atoms with Crippen LogP contribution in [-0.4, -0.2) is 21.2 Å². The van der Waals surface area contributed by atoms with E-state index in [2.05, 4.69) is 5.32 Å². The fraction of sp³-hybridized carbons (Fsp3) is 0.240. The molecule has 1 amide bonds. The number of aryl methyl sites for hydroxylation is 2. The molecule has 0 atom stereocenters. The van der Waals surface area contributed by atoms with Crippen LogP contribution in [0.15, 0.2) is 58.5 Å². The van der Waals surface area contributed by atoms with Gasteiger partial charge in [0.05, 0.1) is 17.7 Å². The Hall–Kier alpha value is -2.61. The van der Waals surface area contributed by atoms with Crippen LogP contribution in [0.2, 0.25) is 5.02 Å². The van der Waals surface area contributed by atoms with E-state index in [0.717, 1.165) is 40.6 Å². The largest absolute Gasteiger partial charge is 0.325 e. The minimum Gasteiger partial charge on any atom is -0.325 e. The van der Waals surface area contributed by atoms with Crippen molar-refractivity contribution in [1.29, 1.82) is 0 Å². The number of nitrogens with zero attached hydrogens (tertiary/aromatic N) is 2. The van der Waals surface area contributed by atoms with E-state index in [0.29, 0.717) is 22.4 Å². The average Bonchev–Trinajstić information content (AvgIpc) is 3.39. The van der Waals surface area contributed by atoms with Crippen LogP contribution in [0.3, 0.4) is 0 Å². The fourth-order valence-electron chi connectivity index (χ4n) is 4.13. The first kappa shape index (κ1) is 22.2. The van der Waals surface area contributed by atoms with Crippen molar-refractivity contribution in [3.63, 3.8) is 0 Å². The third-order valence-electron chi connectivity index (χ3n) is 5.85. The van der Waals surface area contributed by atoms with Crippen molar-refractivity contribution in [2.24, 2.45) is 0 Å². The van der Waals surface area contributed by atoms with Crippen molar-refractivity contribution in [2.45, 2.75) is 37.9 Å². The standard InChI is InChI=1S/C25H22ClN3O2S2/c1-15-18(26)10-6-11-19(15)27-21(30)14-32-25-28-23-22(17-9-5-12-20(17)33-23)24(31)29(25)13-16-7-3-2-4-8-16/h2-4,6-8,10-11H,5,9,12-14H2,1H3,(H,27,30). The third kappa shape index (κ3) is 4.45. The number of thiophene rings is 1. The van der Waals surface area contributed by atoms with Gasteiger partial charge in [-0.05, 0) is 55.0 Å². The number of hydrogen-bond acceptors (Lipinski definition) is 5. The van der Waals surface area contributed by atoms with Crippen LogP contribution in [0, 0.1) is 6.92 Å². The van der Waals surface area contributed by atoms with Crippen LogP contribution in [-0.2, 0) is 24.2 Å². The first-order chi connectivity index (χ1) is 16.0. The van der Waals surface area contributed by atoms with Crippen LogP contribution in [0.25, 0.3) is 10.2 Å². The molecule has 0 radical (unpaired) electrons. The number of amides is 1. The molecule has 2 heterocycles. The second-order valence-corrected chi connectivity index (χ2v) is 10.5. The van der Waals surface area contributed by atoms with Gasteiger partial charge in [0.2, 0.25) is 5.91 Å². The number of anilines is 1. The summed E-state index contributed by atoms with van der Waals surface area (Å²) in [6.45, 7) is 2.29. The summed E-state index contributed by atoms with van der Waals surface area (Å²) >= 11 is 9.07. The molecule has 0 spiro atoms. The van der Waals surface area contributed by atoms with Crippen LogP contribution in [0.5, 0.6) is 0 Å². The molecule has 4 aromatic rings. The second kappa shape index (κ2) is 9.33. The van der Waals surface area contributed by atoms with Gasteiger partial charge in [-0.3, -0.25) is 14.2 Å². The van der Waals surface area contributed by atoms with E-state index in [1.807, 2.05) is 43.3 Å². The summed E-state index contributed by atoms with van der Waals surface area (Å²) in [6, 6.07) is 15.3. The number of halogens is 1. The van der Waals surface area contributed by atoms with E-state index in [1.54, 1.807) is 28.0 Å². The minimum atomic E-state index is -0.167. The van der Waals surface area contributed by atoms with Gasteiger partial charge in [0.1, 0.15) is 4.83 Å². The summed E-state index contributed by atoms with van der Waals surface area (Å²) in [4.78, 5) is 33.2. The highest BCUT2D eigenvalue weighted by atomic mass is 35.5. The maximum Gasteiger partial charge on any atom is 0.263 e. The predicted molar refractivity (Wildman–Crippen MR) is 137 cm³/mol. The average molecular weight is 496 g/mol. The Bertz CT molecular complexity index is 1410. The predicted octanol–water partition coefficient (Wildman–Crippen LogP) is 5.69. The van der Waals surface area contributed by atoms with Gasteiger partial charge in [0, 0.05) is 15.6 Å². The van der Waals surface area contributed by atoms with E-state index in [4.69, 9.17) is 16.6 Å². The lowest BCUT2D eigenvalue weighted by molar-refractivity contribution is -0.113. The monoisotopic (exact) mass is 495 g/mol. The van der Waals surface area contributed by atoms with E-state index in [-0.39, 0.29) is 17.2 Å². The van der Waals surface area contributed by atoms with Crippen molar-refractivity contribution < 1.29 is 4.79 Å². The van der Waals surface area contributed by atoms with Crippen molar-refractivity contribution in [3.8, 4) is 0 Å². The second-order valence-electron chi connectivity index (χ2n) is 8.06. The molecule has 0 aliphatic heterocycles. The summed E-state index contributed by atoms with van der Waals surface area (Å²) in [6.07, 6.45) is 3.04. The number of hydrogen-bond donors (Lipinski definition) is 1. The highest BCUT2D eigenvalue weighted by Gasteiger charge is 2.23. The maximum atomic E-state index is 13.6. The lowest BCUT2D eigenvalue weighted by Gasteiger charge is -2.13. The summed E-state index contributed by atoms with van der Waals surface area (Å²) < 4.78 is 1.71. The minimum absolute atomic E-state index is 0.0168. The summed E-state index contributed by atoms with van der Waals surface area (Å²) in [5.41, 5.74) is 3.68. The Morgan fingerprint density at radius 1 is 1.18 bits per heavy atom. The third-order valence-corrected chi connectivity index (χ3v) is 8.42. The molecule has 1 N–H and O–H groups in total. The Balaban J connectivity index is 1.46. The van der Waals surface area contributed by atoms with Gasteiger partial charge in [-0.25, -0.2) is 4.98 Å². The molecule has 0 saturated heterocycles. The molecular formula is C25H22ClN3O2S2. The summed E-state index contributed by atoms with van der Waals surface area (Å²) in [7, 11) is 0. The zero-order chi connectivity index (χ0) is 22.9. The van der Waals surface area contributed by atoms with Crippen molar-refractivity contribution in [2.75, 3.05) is 11.1 Å². The number of carbonyl (C=O) groups is 1. The number of nitrogens with one attached hydrogen (secondary N) is 1. The highest BCUT2D eigenvalue weighted by molar-refractivity contribution is 7.99. The summed E-state index contributed by atoms with van der Waals surface area (Å²) in [5, 5.41) is 4.84. The van der Waals surface area contributed by atoms with Crippen LogP contribution >= 0.6 is 34.7 Å². The SMILES string of the molecule is Cc1c(Cl)cccc1NC(=O)CSc1nc2sc3c(c2c(=O)n1Cc1ccccc1)CCC3. The first-order valence-electron chi connectivity index (χ1n) is 10.8. The molecule has 5 nitrogen and oxygen atoms in total. The molecule has 0 unspecified atom stereocenters. The number of carbonyl (C=O) groups excluding carboxylic acids is 1. The van der Waals surface area contributed by atoms with Crippen LogP contribution in [0.4, 0.5) is 5.69 Å². The number of rotatable bonds is 6. The van der Waals surface area contributed by atoms with Crippen molar-refractivity contribution in [3.05, 3.63) is 85.5 Å². The zero-order valence-corrected chi connectivity index (χ0v) is 20.4. The summed E-state index contributed by atoms with van der Waals surface area (Å²) in [5.74, 6) is -0.0244. The molecule has 0 saturated carbocycles. The Kier molecular flexibility index (Phi) is 6.27. The Morgan fingerprint density at radius 3 is 2.82 bits per heavy atom. The zero-order valence-electron chi connectivity index (χ0n) is 18.1. The molecule has 1 aliphatic carbocycles. The first-order valence-corrected chi connectivity index (χ1v) is 13.0. The Morgan fingerprint density at radius 2 is 2.00 bits per heavy atom. The molecule has 33 heavy (non-hydrogen) atoms. The van der Waals surface area contributed by atoms with Crippen molar-refractivity contribution >= 4 is 56.5 Å². The van der Waals surface area contributed by atoms with E-state index < -0.39 is 0 Å². The van der Waals surface area contributed by atoms with Gasteiger partial charge in [0.15, 0.2) is 5.16 Å². The molecule has 2 aromatic heterocycles. The van der Waals surface area contributed by atoms with Crippen molar-refractivity contribution in [1.82, 2.24) is 9.55 Å². The van der Waals surface area contributed by atoms with Crippen LogP contribution < -0.4 is 10.9 Å². The molecule has 0 fully saturated rings. The molecule has 2 aromatic carbocycles. The topological polar surface area (TPSA) is 64.0 Å². The smallest absolute Gasteiger partial charge is 0.263 e. The normalized spacial score (nSPS) is 12.8. The van der Waals surface area contributed by atoms with Gasteiger partial charge >= 0.3 is 0 Å². The van der Waals surface area contributed by atoms with E-state index in [1.165, 1.54) is 22.2 Å². The fourth-order valence-corrected chi connectivity index (χ4v) is 6.41. The van der Waals surface area contributed by atoms with Gasteiger partial charge in [-0.1, -0.05) is 59.8 Å². The molecule has 5 rings (SSSR count). The van der Waals surface area contributed by atoms with E-state index in [9.17, 15) is 9.59 Å². The maximum absolute atomic E-state index is 13.6. The van der Waals surface area contributed by atoms with E-state index >= 15 is 0 Å². The highest BCUT2D eigenvalue weighted by Crippen LogP contribution is 2.35. The molecule has 8 heteroatoms. The number of fused-ring (bicyclic) bond motifs is 3. The lowest BCUT2D eigenvalue weighted by Crippen LogP contribution is -2.25. The van der Waals surface area contributed by atoms with Gasteiger partial charge in [-0.15, -0.1) is 11.3 Å². The Labute approximate surface area is 204 Å². The van der Waals surface area contributed by atoms with Gasteiger partial charge in [0.25, 0.3) is 5.56 Å². The number of aromatic nitrogens is 2. The molecule has 168 valence electrons. The number of thioether (sulfide) groups is 1. The molecule has 1 aliphatic rings. The molecular weight excluding hydrogens is 474 g/mol. The van der Waals surface area contributed by atoms with Gasteiger partial charge < -0.3 is 5.32 Å². The van der Waals surface area contributed by atoms with Crippen LogP contribution in [0.1, 0.15) is 28.0 Å². The van der Waals surface area contributed by atoms with Gasteiger partial charge in [-0.2, -0.15) is 0 Å². The quantitative estimate of drug-likeness (QED) is 0.276. The molecule has 0 bridgehead atoms. The lowest BCUT2D eigenvalue weighted by atomic mass is 10.2. The number of benzene rings is 2.